The second kappa shape index (κ2) is 5.07. The number of amides is 1. The van der Waals surface area contributed by atoms with Crippen molar-refractivity contribution in [3.63, 3.8) is 0 Å². The Morgan fingerprint density at radius 1 is 1.15 bits per heavy atom. The first kappa shape index (κ1) is 10.3. The number of carbonyl (C=O) groups excluding carboxylic acids is 1. The van der Waals surface area contributed by atoms with Crippen LogP contribution < -0.4 is 0 Å². The van der Waals surface area contributed by atoms with Crippen LogP contribution in [0.4, 0.5) is 4.79 Å². The molecular formula is C9H18N2O2. The average molecular weight is 186 g/mol. The molecule has 0 aromatic rings. The molecule has 76 valence electrons. The van der Waals surface area contributed by atoms with Crippen LogP contribution in [0.2, 0.25) is 0 Å². The van der Waals surface area contributed by atoms with Crippen molar-refractivity contribution in [3.05, 3.63) is 0 Å². The van der Waals surface area contributed by atoms with E-state index in [0.29, 0.717) is 6.61 Å². The molecule has 0 N–H and O–H groups in total. The lowest BCUT2D eigenvalue weighted by Gasteiger charge is -2.01. The number of carbonyl (C=O) groups is 1. The predicted molar refractivity (Wildman–Crippen MR) is 50.7 cm³/mol. The van der Waals surface area contributed by atoms with Gasteiger partial charge in [-0.05, 0) is 33.0 Å². The molecular weight excluding hydrogens is 168 g/mol. The standard InChI is InChI=1S/C5H11N.C4H7NO2/c1-6-4-2-3-5-6;1-5-2-3-7-4(5)6/h2-5H2,1H3;2-3H2,1H3. The Bertz CT molecular complexity index is 167. The molecule has 4 heteroatoms. The van der Waals surface area contributed by atoms with Crippen LogP contribution in [0.3, 0.4) is 0 Å². The van der Waals surface area contributed by atoms with E-state index in [2.05, 4.69) is 16.7 Å². The van der Waals surface area contributed by atoms with Crippen LogP contribution in [0.1, 0.15) is 12.8 Å². The van der Waals surface area contributed by atoms with Crippen LogP contribution in [0.25, 0.3) is 0 Å². The van der Waals surface area contributed by atoms with Gasteiger partial charge in [0, 0.05) is 7.05 Å². The first-order chi connectivity index (χ1) is 6.20. The molecule has 2 saturated heterocycles. The minimum Gasteiger partial charge on any atom is -0.448 e. The number of hydrogen-bond acceptors (Lipinski definition) is 3. The highest BCUT2D eigenvalue weighted by Crippen LogP contribution is 2.02. The SMILES string of the molecule is CN1CCCC1.CN1CCOC1=O. The van der Waals surface area contributed by atoms with Gasteiger partial charge in [-0.15, -0.1) is 0 Å². The van der Waals surface area contributed by atoms with Gasteiger partial charge in [-0.2, -0.15) is 0 Å². The summed E-state index contributed by atoms with van der Waals surface area (Å²) in [6, 6.07) is 0. The van der Waals surface area contributed by atoms with Crippen molar-refractivity contribution in [2.75, 3.05) is 40.3 Å². The van der Waals surface area contributed by atoms with E-state index >= 15 is 0 Å². The summed E-state index contributed by atoms with van der Waals surface area (Å²) in [7, 11) is 3.89. The fourth-order valence-electron chi connectivity index (χ4n) is 1.35. The Morgan fingerprint density at radius 3 is 1.92 bits per heavy atom. The van der Waals surface area contributed by atoms with Crippen LogP contribution in [-0.2, 0) is 4.74 Å². The first-order valence-corrected chi connectivity index (χ1v) is 4.76. The van der Waals surface area contributed by atoms with Crippen LogP contribution in [0.5, 0.6) is 0 Å². The van der Waals surface area contributed by atoms with E-state index in [0.717, 1.165) is 6.54 Å². The maximum atomic E-state index is 10.3. The molecule has 2 fully saturated rings. The number of ether oxygens (including phenoxy) is 1. The van der Waals surface area contributed by atoms with Crippen molar-refractivity contribution in [3.8, 4) is 0 Å². The molecule has 2 rings (SSSR count). The third-order valence-electron chi connectivity index (χ3n) is 2.29. The highest BCUT2D eigenvalue weighted by molar-refractivity contribution is 5.68. The van der Waals surface area contributed by atoms with E-state index in [1.165, 1.54) is 25.9 Å². The van der Waals surface area contributed by atoms with Gasteiger partial charge >= 0.3 is 6.09 Å². The normalized spacial score (nSPS) is 22.6. The number of nitrogens with zero attached hydrogens (tertiary/aromatic N) is 2. The van der Waals surface area contributed by atoms with Gasteiger partial charge in [-0.1, -0.05) is 0 Å². The molecule has 0 aromatic heterocycles. The molecule has 4 nitrogen and oxygen atoms in total. The number of rotatable bonds is 0. The molecule has 0 radical (unpaired) electrons. The quantitative estimate of drug-likeness (QED) is 0.560. The summed E-state index contributed by atoms with van der Waals surface area (Å²) in [4.78, 5) is 14.2. The van der Waals surface area contributed by atoms with E-state index in [1.807, 2.05) is 0 Å². The van der Waals surface area contributed by atoms with E-state index < -0.39 is 0 Å². The second-order valence-corrected chi connectivity index (χ2v) is 3.55. The van der Waals surface area contributed by atoms with Gasteiger partial charge in [0.05, 0.1) is 6.54 Å². The molecule has 0 atom stereocenters. The number of cyclic esters (lactones) is 1. The molecule has 0 bridgehead atoms. The van der Waals surface area contributed by atoms with Crippen molar-refractivity contribution in [1.82, 2.24) is 9.80 Å². The van der Waals surface area contributed by atoms with Crippen molar-refractivity contribution in [1.29, 1.82) is 0 Å². The lowest BCUT2D eigenvalue weighted by atomic mass is 10.4. The van der Waals surface area contributed by atoms with E-state index in [4.69, 9.17) is 0 Å². The Kier molecular flexibility index (Phi) is 4.02. The molecule has 2 aliphatic rings. The van der Waals surface area contributed by atoms with Gasteiger partial charge in [0.1, 0.15) is 6.61 Å². The van der Waals surface area contributed by atoms with Crippen molar-refractivity contribution in [2.24, 2.45) is 0 Å². The van der Waals surface area contributed by atoms with Crippen LogP contribution in [0, 0.1) is 0 Å². The predicted octanol–water partition coefficient (Wildman–Crippen LogP) is 0.780. The topological polar surface area (TPSA) is 32.8 Å². The minimum atomic E-state index is -0.208. The highest BCUT2D eigenvalue weighted by Gasteiger charge is 2.15. The summed E-state index contributed by atoms with van der Waals surface area (Å²) < 4.78 is 4.55. The van der Waals surface area contributed by atoms with Crippen molar-refractivity contribution < 1.29 is 9.53 Å². The molecule has 0 spiro atoms. The fourth-order valence-corrected chi connectivity index (χ4v) is 1.35. The Hall–Kier alpha value is -0.770. The maximum absolute atomic E-state index is 10.3. The second-order valence-electron chi connectivity index (χ2n) is 3.55. The van der Waals surface area contributed by atoms with Gasteiger partial charge in [0.2, 0.25) is 0 Å². The molecule has 1 amide bonds. The summed E-state index contributed by atoms with van der Waals surface area (Å²) in [6.07, 6.45) is 2.62. The molecule has 0 aromatic carbocycles. The highest BCUT2D eigenvalue weighted by atomic mass is 16.6. The van der Waals surface area contributed by atoms with E-state index in [-0.39, 0.29) is 6.09 Å². The number of likely N-dealkylation sites (tertiary alicyclic amines) is 1. The largest absolute Gasteiger partial charge is 0.448 e. The van der Waals surface area contributed by atoms with Gasteiger partial charge in [-0.25, -0.2) is 4.79 Å². The van der Waals surface area contributed by atoms with Crippen molar-refractivity contribution >= 4 is 6.09 Å². The van der Waals surface area contributed by atoms with E-state index in [9.17, 15) is 4.79 Å². The van der Waals surface area contributed by atoms with Gasteiger partial charge in [0.15, 0.2) is 0 Å². The zero-order valence-corrected chi connectivity index (χ0v) is 8.45. The van der Waals surface area contributed by atoms with Gasteiger partial charge in [-0.3, -0.25) is 0 Å². The van der Waals surface area contributed by atoms with E-state index in [1.54, 1.807) is 11.9 Å². The molecule has 2 heterocycles. The third kappa shape index (κ3) is 3.63. The minimum absolute atomic E-state index is 0.208. The summed E-state index contributed by atoms with van der Waals surface area (Å²) in [5, 5.41) is 0. The van der Waals surface area contributed by atoms with Crippen LogP contribution >= 0.6 is 0 Å². The number of hydrogen-bond donors (Lipinski definition) is 0. The van der Waals surface area contributed by atoms with Crippen LogP contribution in [0.15, 0.2) is 0 Å². The molecule has 0 unspecified atom stereocenters. The molecule has 0 aliphatic carbocycles. The molecule has 2 aliphatic heterocycles. The Labute approximate surface area is 79.4 Å². The fraction of sp³-hybridized carbons (Fsp3) is 0.889. The lowest BCUT2D eigenvalue weighted by molar-refractivity contribution is 0.163. The summed E-state index contributed by atoms with van der Waals surface area (Å²) in [5.41, 5.74) is 0. The summed E-state index contributed by atoms with van der Waals surface area (Å²) >= 11 is 0. The third-order valence-corrected chi connectivity index (χ3v) is 2.29. The van der Waals surface area contributed by atoms with Crippen molar-refractivity contribution in [2.45, 2.75) is 12.8 Å². The maximum Gasteiger partial charge on any atom is 0.409 e. The monoisotopic (exact) mass is 186 g/mol. The Balaban J connectivity index is 0.000000132. The van der Waals surface area contributed by atoms with Crippen LogP contribution in [-0.4, -0.2) is 56.2 Å². The molecule has 0 saturated carbocycles. The van der Waals surface area contributed by atoms with Gasteiger partial charge < -0.3 is 14.5 Å². The number of likely N-dealkylation sites (N-methyl/N-ethyl adjacent to an activating group) is 1. The zero-order chi connectivity index (χ0) is 9.68. The lowest BCUT2D eigenvalue weighted by Crippen LogP contribution is -2.17. The van der Waals surface area contributed by atoms with Gasteiger partial charge in [0.25, 0.3) is 0 Å². The summed E-state index contributed by atoms with van der Waals surface area (Å²) in [6.45, 7) is 3.92. The first-order valence-electron chi connectivity index (χ1n) is 4.76. The zero-order valence-electron chi connectivity index (χ0n) is 8.45. The smallest absolute Gasteiger partial charge is 0.409 e. The molecule has 13 heavy (non-hydrogen) atoms. The average Bonchev–Trinajstić information content (AvgIpc) is 2.67. The summed E-state index contributed by atoms with van der Waals surface area (Å²) in [5.74, 6) is 0. The Morgan fingerprint density at radius 2 is 1.77 bits per heavy atom.